The van der Waals surface area contributed by atoms with Crippen molar-refractivity contribution >= 4 is 5.97 Å². The molecule has 94 valence electrons. The van der Waals surface area contributed by atoms with E-state index in [1.165, 1.54) is 7.11 Å². The fraction of sp³-hybridized carbons (Fsp3) is 0.917. The Hall–Kier alpha value is -0.610. The highest BCUT2D eigenvalue weighted by molar-refractivity contribution is 5.69. The first kappa shape index (κ1) is 13.5. The smallest absolute Gasteiger partial charge is 0.307 e. The lowest BCUT2D eigenvalue weighted by Gasteiger charge is -2.40. The van der Waals surface area contributed by atoms with Crippen molar-refractivity contribution < 1.29 is 14.6 Å². The molecule has 4 nitrogen and oxygen atoms in total. The molecular formula is C12H23NO3. The summed E-state index contributed by atoms with van der Waals surface area (Å²) in [5.74, 6) is -0.158. The summed E-state index contributed by atoms with van der Waals surface area (Å²) >= 11 is 0. The highest BCUT2D eigenvalue weighted by Crippen LogP contribution is 2.23. The van der Waals surface area contributed by atoms with E-state index in [0.29, 0.717) is 6.42 Å². The van der Waals surface area contributed by atoms with Crippen molar-refractivity contribution in [1.29, 1.82) is 0 Å². The number of aliphatic hydroxyl groups excluding tert-OH is 1. The van der Waals surface area contributed by atoms with Crippen LogP contribution in [0.25, 0.3) is 0 Å². The number of ether oxygens (including phenoxy) is 1. The van der Waals surface area contributed by atoms with Gasteiger partial charge in [-0.3, -0.25) is 9.69 Å². The van der Waals surface area contributed by atoms with E-state index in [2.05, 4.69) is 4.90 Å². The van der Waals surface area contributed by atoms with Gasteiger partial charge in [0.2, 0.25) is 0 Å². The summed E-state index contributed by atoms with van der Waals surface area (Å²) in [5, 5.41) is 9.62. The average Bonchev–Trinajstić information content (AvgIpc) is 2.28. The molecule has 0 aromatic heterocycles. The highest BCUT2D eigenvalue weighted by Gasteiger charge is 2.30. The van der Waals surface area contributed by atoms with E-state index in [0.717, 1.165) is 25.8 Å². The number of methoxy groups -OCH3 is 1. The molecule has 16 heavy (non-hydrogen) atoms. The van der Waals surface area contributed by atoms with Gasteiger partial charge in [-0.1, -0.05) is 6.42 Å². The molecule has 1 N–H and O–H groups in total. The molecule has 0 aromatic carbocycles. The molecule has 0 radical (unpaired) electrons. The van der Waals surface area contributed by atoms with Crippen molar-refractivity contribution in [3.8, 4) is 0 Å². The van der Waals surface area contributed by atoms with Gasteiger partial charge in [-0.05, 0) is 33.2 Å². The van der Waals surface area contributed by atoms with Crippen LogP contribution in [0, 0.1) is 0 Å². The second-order valence-corrected chi connectivity index (χ2v) is 4.65. The first-order chi connectivity index (χ1) is 7.56. The Morgan fingerprint density at radius 1 is 1.50 bits per heavy atom. The summed E-state index contributed by atoms with van der Waals surface area (Å²) in [5.41, 5.74) is 0. The van der Waals surface area contributed by atoms with E-state index in [4.69, 9.17) is 4.74 Å². The van der Waals surface area contributed by atoms with Crippen LogP contribution in [-0.2, 0) is 9.53 Å². The van der Waals surface area contributed by atoms with Crippen LogP contribution < -0.4 is 0 Å². The number of carbonyl (C=O) groups excluding carboxylic acids is 1. The summed E-state index contributed by atoms with van der Waals surface area (Å²) < 4.78 is 4.71. The van der Waals surface area contributed by atoms with Crippen molar-refractivity contribution in [2.24, 2.45) is 0 Å². The quantitative estimate of drug-likeness (QED) is 0.735. The summed E-state index contributed by atoms with van der Waals surface area (Å²) in [6.07, 6.45) is 3.40. The standard InChI is InChI=1S/C12H23NO3/c1-9(10(2)14)13-7-5-4-6-11(13)8-12(15)16-3/h9-11,14H,4-8H2,1-3H3. The maximum atomic E-state index is 11.3. The highest BCUT2D eigenvalue weighted by atomic mass is 16.5. The number of rotatable bonds is 4. The Bertz CT molecular complexity index is 230. The molecular weight excluding hydrogens is 206 g/mol. The molecule has 1 heterocycles. The third-order valence-electron chi connectivity index (χ3n) is 3.52. The number of nitrogens with zero attached hydrogens (tertiary/aromatic N) is 1. The second-order valence-electron chi connectivity index (χ2n) is 4.65. The van der Waals surface area contributed by atoms with Crippen LogP contribution >= 0.6 is 0 Å². The molecule has 1 rings (SSSR count). The number of piperidine rings is 1. The Balaban J connectivity index is 2.59. The van der Waals surface area contributed by atoms with E-state index in [1.54, 1.807) is 6.92 Å². The number of hydrogen-bond donors (Lipinski definition) is 1. The second kappa shape index (κ2) is 6.21. The van der Waals surface area contributed by atoms with Gasteiger partial charge in [-0.25, -0.2) is 0 Å². The molecule has 0 amide bonds. The van der Waals surface area contributed by atoms with Crippen LogP contribution in [0.1, 0.15) is 39.5 Å². The predicted octanol–water partition coefficient (Wildman–Crippen LogP) is 1.17. The summed E-state index contributed by atoms with van der Waals surface area (Å²) in [6.45, 7) is 4.78. The summed E-state index contributed by atoms with van der Waals surface area (Å²) in [6, 6.07) is 0.334. The van der Waals surface area contributed by atoms with Gasteiger partial charge < -0.3 is 9.84 Å². The van der Waals surface area contributed by atoms with Crippen molar-refractivity contribution in [1.82, 2.24) is 4.90 Å². The van der Waals surface area contributed by atoms with Crippen LogP contribution in [0.3, 0.4) is 0 Å². The number of likely N-dealkylation sites (tertiary alicyclic amines) is 1. The molecule has 1 aliphatic heterocycles. The molecule has 1 saturated heterocycles. The molecule has 4 heteroatoms. The largest absolute Gasteiger partial charge is 0.469 e. The predicted molar refractivity (Wildman–Crippen MR) is 62.1 cm³/mol. The van der Waals surface area contributed by atoms with E-state index in [9.17, 15) is 9.90 Å². The lowest BCUT2D eigenvalue weighted by molar-refractivity contribution is -0.143. The SMILES string of the molecule is COC(=O)CC1CCCCN1C(C)C(C)O. The third kappa shape index (κ3) is 3.46. The molecule has 0 bridgehead atoms. The topological polar surface area (TPSA) is 49.8 Å². The molecule has 0 aliphatic carbocycles. The number of esters is 1. The van der Waals surface area contributed by atoms with Crippen LogP contribution in [0.2, 0.25) is 0 Å². The van der Waals surface area contributed by atoms with Gasteiger partial charge in [0, 0.05) is 12.1 Å². The molecule has 3 unspecified atom stereocenters. The monoisotopic (exact) mass is 229 g/mol. The van der Waals surface area contributed by atoms with E-state index in [-0.39, 0.29) is 24.2 Å². The van der Waals surface area contributed by atoms with Crippen LogP contribution in [0.15, 0.2) is 0 Å². The first-order valence-electron chi connectivity index (χ1n) is 6.07. The molecule has 3 atom stereocenters. The minimum absolute atomic E-state index is 0.106. The Morgan fingerprint density at radius 3 is 2.75 bits per heavy atom. The minimum Gasteiger partial charge on any atom is -0.469 e. The van der Waals surface area contributed by atoms with Crippen LogP contribution in [0.5, 0.6) is 0 Å². The first-order valence-corrected chi connectivity index (χ1v) is 6.07. The summed E-state index contributed by atoms with van der Waals surface area (Å²) in [7, 11) is 1.42. The fourth-order valence-corrected chi connectivity index (χ4v) is 2.33. The van der Waals surface area contributed by atoms with Gasteiger partial charge in [0.05, 0.1) is 19.6 Å². The Labute approximate surface area is 97.6 Å². The van der Waals surface area contributed by atoms with Crippen molar-refractivity contribution in [2.45, 2.75) is 57.7 Å². The lowest BCUT2D eigenvalue weighted by Crippen LogP contribution is -2.49. The minimum atomic E-state index is -0.363. The van der Waals surface area contributed by atoms with E-state index < -0.39 is 0 Å². The van der Waals surface area contributed by atoms with Gasteiger partial charge in [-0.15, -0.1) is 0 Å². The number of carbonyl (C=O) groups is 1. The molecule has 1 fully saturated rings. The number of aliphatic hydroxyl groups is 1. The maximum Gasteiger partial charge on any atom is 0.307 e. The normalized spacial score (nSPS) is 26.1. The van der Waals surface area contributed by atoms with Gasteiger partial charge in [0.15, 0.2) is 0 Å². The van der Waals surface area contributed by atoms with Gasteiger partial charge >= 0.3 is 5.97 Å². The van der Waals surface area contributed by atoms with E-state index in [1.807, 2.05) is 6.92 Å². The summed E-state index contributed by atoms with van der Waals surface area (Å²) in [4.78, 5) is 13.5. The zero-order valence-corrected chi connectivity index (χ0v) is 10.5. The molecule has 0 saturated carbocycles. The average molecular weight is 229 g/mol. The zero-order chi connectivity index (χ0) is 12.1. The van der Waals surface area contributed by atoms with Crippen molar-refractivity contribution in [3.63, 3.8) is 0 Å². The number of hydrogen-bond acceptors (Lipinski definition) is 4. The van der Waals surface area contributed by atoms with Crippen molar-refractivity contribution in [3.05, 3.63) is 0 Å². The van der Waals surface area contributed by atoms with Gasteiger partial charge in [0.1, 0.15) is 0 Å². The Kier molecular flexibility index (Phi) is 5.22. The third-order valence-corrected chi connectivity index (χ3v) is 3.52. The zero-order valence-electron chi connectivity index (χ0n) is 10.5. The van der Waals surface area contributed by atoms with Crippen LogP contribution in [-0.4, -0.2) is 47.8 Å². The molecule has 1 aliphatic rings. The van der Waals surface area contributed by atoms with Gasteiger partial charge in [-0.2, -0.15) is 0 Å². The van der Waals surface area contributed by atoms with Crippen LogP contribution in [0.4, 0.5) is 0 Å². The fourth-order valence-electron chi connectivity index (χ4n) is 2.33. The molecule has 0 aromatic rings. The Morgan fingerprint density at radius 2 is 2.19 bits per heavy atom. The lowest BCUT2D eigenvalue weighted by atomic mass is 9.96. The van der Waals surface area contributed by atoms with Gasteiger partial charge in [0.25, 0.3) is 0 Å². The van der Waals surface area contributed by atoms with E-state index >= 15 is 0 Å². The maximum absolute atomic E-state index is 11.3. The van der Waals surface area contributed by atoms with Crippen molar-refractivity contribution in [2.75, 3.05) is 13.7 Å². The molecule has 0 spiro atoms.